The van der Waals surface area contributed by atoms with Gasteiger partial charge in [-0.15, -0.1) is 0 Å². The van der Waals surface area contributed by atoms with E-state index in [9.17, 15) is 9.59 Å². The molecule has 74 valence electrons. The van der Waals surface area contributed by atoms with Gasteiger partial charge in [0.25, 0.3) is 0 Å². The number of hydrogen-bond acceptors (Lipinski definition) is 2. The summed E-state index contributed by atoms with van der Waals surface area (Å²) in [5, 5.41) is 5.15. The number of hydrogen-bond donors (Lipinski definition) is 2. The first-order chi connectivity index (χ1) is 6.86. The van der Waals surface area contributed by atoms with Crippen LogP contribution < -0.4 is 10.6 Å². The zero-order valence-electron chi connectivity index (χ0n) is 7.69. The fourth-order valence-corrected chi connectivity index (χ4v) is 1.17. The molecule has 0 aromatic heterocycles. The molecule has 4 nitrogen and oxygen atoms in total. The summed E-state index contributed by atoms with van der Waals surface area (Å²) in [5.74, 6) is 0. The van der Waals surface area contributed by atoms with Crippen LogP contribution in [0.25, 0.3) is 0 Å². The highest BCUT2D eigenvalue weighted by molar-refractivity contribution is 5.47. The lowest BCUT2D eigenvalue weighted by atomic mass is 10.1. The maximum atomic E-state index is 10.1. The van der Waals surface area contributed by atoms with Crippen molar-refractivity contribution in [1.82, 2.24) is 10.6 Å². The van der Waals surface area contributed by atoms with Crippen LogP contribution in [0.15, 0.2) is 24.3 Å². The van der Waals surface area contributed by atoms with Crippen molar-refractivity contribution >= 4 is 12.8 Å². The number of nitrogens with one attached hydrogen (secondary N) is 2. The van der Waals surface area contributed by atoms with Gasteiger partial charge in [0.05, 0.1) is 0 Å². The van der Waals surface area contributed by atoms with Crippen molar-refractivity contribution in [3.8, 4) is 0 Å². The van der Waals surface area contributed by atoms with E-state index in [0.717, 1.165) is 11.1 Å². The van der Waals surface area contributed by atoms with Gasteiger partial charge in [-0.05, 0) is 11.1 Å². The van der Waals surface area contributed by atoms with Crippen molar-refractivity contribution in [2.75, 3.05) is 0 Å². The highest BCUT2D eigenvalue weighted by Gasteiger charge is 1.94. The quantitative estimate of drug-likeness (QED) is 0.632. The van der Waals surface area contributed by atoms with Crippen molar-refractivity contribution in [2.45, 2.75) is 13.1 Å². The monoisotopic (exact) mass is 192 g/mol. The summed E-state index contributed by atoms with van der Waals surface area (Å²) in [4.78, 5) is 20.1. The van der Waals surface area contributed by atoms with Gasteiger partial charge in [-0.3, -0.25) is 9.59 Å². The molecule has 2 amide bonds. The van der Waals surface area contributed by atoms with Crippen molar-refractivity contribution in [2.24, 2.45) is 0 Å². The Balaban J connectivity index is 2.58. The predicted molar refractivity (Wildman–Crippen MR) is 52.2 cm³/mol. The van der Waals surface area contributed by atoms with Gasteiger partial charge >= 0.3 is 0 Å². The molecule has 0 aliphatic rings. The van der Waals surface area contributed by atoms with E-state index in [1.807, 2.05) is 24.3 Å². The molecular formula is C10H12N2O2. The normalized spacial score (nSPS) is 9.14. The first-order valence-electron chi connectivity index (χ1n) is 4.28. The Morgan fingerprint density at radius 3 is 1.93 bits per heavy atom. The molecule has 1 rings (SSSR count). The SMILES string of the molecule is O=CNCc1cccc(CNC=O)c1. The summed E-state index contributed by atoms with van der Waals surface area (Å²) in [6.45, 7) is 1.02. The highest BCUT2D eigenvalue weighted by atomic mass is 16.1. The molecule has 0 radical (unpaired) electrons. The highest BCUT2D eigenvalue weighted by Crippen LogP contribution is 2.04. The van der Waals surface area contributed by atoms with Crippen LogP contribution in [-0.2, 0) is 22.7 Å². The van der Waals surface area contributed by atoms with Gasteiger partial charge in [0, 0.05) is 13.1 Å². The van der Waals surface area contributed by atoms with Crippen LogP contribution >= 0.6 is 0 Å². The van der Waals surface area contributed by atoms with Gasteiger partial charge in [-0.2, -0.15) is 0 Å². The van der Waals surface area contributed by atoms with Gasteiger partial charge < -0.3 is 10.6 Å². The molecule has 0 saturated heterocycles. The molecule has 4 heteroatoms. The predicted octanol–water partition coefficient (Wildman–Crippen LogP) is 0.179. The summed E-state index contributed by atoms with van der Waals surface area (Å²) in [6, 6.07) is 7.67. The van der Waals surface area contributed by atoms with E-state index in [-0.39, 0.29) is 0 Å². The van der Waals surface area contributed by atoms with E-state index < -0.39 is 0 Å². The Morgan fingerprint density at radius 2 is 1.50 bits per heavy atom. The van der Waals surface area contributed by atoms with Gasteiger partial charge in [-0.1, -0.05) is 24.3 Å². The third kappa shape index (κ3) is 3.26. The number of amides is 2. The van der Waals surface area contributed by atoms with Gasteiger partial charge in [0.1, 0.15) is 0 Å². The Bertz CT molecular complexity index is 285. The number of benzene rings is 1. The maximum Gasteiger partial charge on any atom is 0.207 e. The molecular weight excluding hydrogens is 180 g/mol. The molecule has 2 N–H and O–H groups in total. The van der Waals surface area contributed by atoms with E-state index in [1.165, 1.54) is 0 Å². The van der Waals surface area contributed by atoms with Crippen LogP contribution in [0.1, 0.15) is 11.1 Å². The van der Waals surface area contributed by atoms with E-state index in [2.05, 4.69) is 10.6 Å². The van der Waals surface area contributed by atoms with Gasteiger partial charge in [0.2, 0.25) is 12.8 Å². The minimum atomic E-state index is 0.512. The van der Waals surface area contributed by atoms with E-state index >= 15 is 0 Å². The van der Waals surface area contributed by atoms with Crippen LogP contribution in [0.2, 0.25) is 0 Å². The third-order valence-corrected chi connectivity index (χ3v) is 1.77. The van der Waals surface area contributed by atoms with Crippen molar-refractivity contribution in [3.05, 3.63) is 35.4 Å². The third-order valence-electron chi connectivity index (χ3n) is 1.77. The standard InChI is InChI=1S/C10H12N2O2/c13-7-11-5-9-2-1-3-10(4-9)6-12-8-14/h1-4,7-8H,5-6H2,(H,11,13)(H,12,14). The van der Waals surface area contributed by atoms with Crippen LogP contribution in [0, 0.1) is 0 Å². The number of carbonyl (C=O) groups excluding carboxylic acids is 2. The second-order valence-corrected chi connectivity index (χ2v) is 2.82. The fraction of sp³-hybridized carbons (Fsp3) is 0.200. The minimum absolute atomic E-state index is 0.512. The summed E-state index contributed by atoms with van der Waals surface area (Å²) in [7, 11) is 0. The molecule has 0 atom stereocenters. The molecule has 1 aromatic carbocycles. The van der Waals surface area contributed by atoms with Gasteiger partial charge in [0.15, 0.2) is 0 Å². The summed E-state index contributed by atoms with van der Waals surface area (Å²) >= 11 is 0. The Labute approximate surface area is 82.3 Å². The molecule has 0 saturated carbocycles. The average molecular weight is 192 g/mol. The first-order valence-corrected chi connectivity index (χ1v) is 4.28. The molecule has 0 spiro atoms. The van der Waals surface area contributed by atoms with Crippen molar-refractivity contribution in [1.29, 1.82) is 0 Å². The molecule has 0 bridgehead atoms. The van der Waals surface area contributed by atoms with Crippen LogP contribution in [0.5, 0.6) is 0 Å². The second-order valence-electron chi connectivity index (χ2n) is 2.82. The van der Waals surface area contributed by atoms with E-state index in [4.69, 9.17) is 0 Å². The fourth-order valence-electron chi connectivity index (χ4n) is 1.17. The first kappa shape index (κ1) is 10.2. The molecule has 1 aromatic rings. The molecule has 0 aliphatic heterocycles. The van der Waals surface area contributed by atoms with Crippen molar-refractivity contribution in [3.63, 3.8) is 0 Å². The summed E-state index contributed by atoms with van der Waals surface area (Å²) in [6.07, 6.45) is 1.33. The molecule has 0 heterocycles. The van der Waals surface area contributed by atoms with Crippen LogP contribution in [0.4, 0.5) is 0 Å². The molecule has 0 aliphatic carbocycles. The van der Waals surface area contributed by atoms with Crippen molar-refractivity contribution < 1.29 is 9.59 Å². The Hall–Kier alpha value is -1.84. The molecule has 14 heavy (non-hydrogen) atoms. The van der Waals surface area contributed by atoms with Gasteiger partial charge in [-0.25, -0.2) is 0 Å². The number of carbonyl (C=O) groups is 2. The summed E-state index contributed by atoms with van der Waals surface area (Å²) in [5.41, 5.74) is 2.03. The maximum absolute atomic E-state index is 10.1. The molecule has 0 fully saturated rings. The Kier molecular flexibility index (Phi) is 4.20. The van der Waals surface area contributed by atoms with E-state index in [0.29, 0.717) is 25.9 Å². The Morgan fingerprint density at radius 1 is 1.00 bits per heavy atom. The zero-order chi connectivity index (χ0) is 10.2. The lowest BCUT2D eigenvalue weighted by Crippen LogP contribution is -2.12. The zero-order valence-corrected chi connectivity index (χ0v) is 7.69. The van der Waals surface area contributed by atoms with Crippen LogP contribution in [0.3, 0.4) is 0 Å². The summed E-state index contributed by atoms with van der Waals surface area (Å²) < 4.78 is 0. The lowest BCUT2D eigenvalue weighted by molar-refractivity contribution is -0.110. The largest absolute Gasteiger partial charge is 0.355 e. The lowest BCUT2D eigenvalue weighted by Gasteiger charge is -2.03. The van der Waals surface area contributed by atoms with E-state index in [1.54, 1.807) is 0 Å². The molecule has 0 unspecified atom stereocenters. The number of rotatable bonds is 6. The topological polar surface area (TPSA) is 58.2 Å². The van der Waals surface area contributed by atoms with Crippen LogP contribution in [-0.4, -0.2) is 12.8 Å². The second kappa shape index (κ2) is 5.75. The minimum Gasteiger partial charge on any atom is -0.355 e. The smallest absolute Gasteiger partial charge is 0.207 e. The average Bonchev–Trinajstić information content (AvgIpc) is 2.24.